The summed E-state index contributed by atoms with van der Waals surface area (Å²) in [7, 11) is -2.28. The number of hydrogen-bond acceptors (Lipinski definition) is 6. The molecule has 0 fully saturated rings. The molecule has 0 unspecified atom stereocenters. The quantitative estimate of drug-likeness (QED) is 0.592. The number of rotatable bonds is 4. The number of ether oxygens (including phenoxy) is 1. The van der Waals surface area contributed by atoms with Crippen molar-refractivity contribution in [1.29, 1.82) is 0 Å². The predicted molar refractivity (Wildman–Crippen MR) is 98.7 cm³/mol. The minimum Gasteiger partial charge on any atom is -0.497 e. The van der Waals surface area contributed by atoms with Crippen LogP contribution in [0.15, 0.2) is 59.5 Å². The van der Waals surface area contributed by atoms with Gasteiger partial charge in [-0.25, -0.2) is 8.42 Å². The second-order valence-electron chi connectivity index (χ2n) is 5.39. The summed E-state index contributed by atoms with van der Waals surface area (Å²) in [6, 6.07) is 15.9. The van der Waals surface area contributed by atoms with Crippen molar-refractivity contribution in [2.45, 2.75) is 4.90 Å². The van der Waals surface area contributed by atoms with Crippen LogP contribution >= 0.6 is 11.7 Å². The van der Waals surface area contributed by atoms with Crippen molar-refractivity contribution in [1.82, 2.24) is 8.75 Å². The summed E-state index contributed by atoms with van der Waals surface area (Å²) in [6.07, 6.45) is 0. The lowest BCUT2D eigenvalue weighted by Crippen LogP contribution is -2.13. The highest BCUT2D eigenvalue weighted by atomic mass is 32.2. The predicted octanol–water partition coefficient (Wildman–Crippen LogP) is 3.65. The maximum absolute atomic E-state index is 12.9. The number of nitrogens with zero attached hydrogens (tertiary/aromatic N) is 2. The second kappa shape index (κ2) is 5.98. The van der Waals surface area contributed by atoms with Crippen LogP contribution in [0.25, 0.3) is 21.8 Å². The highest BCUT2D eigenvalue weighted by Gasteiger charge is 2.21. The maximum atomic E-state index is 12.9. The number of fused-ring (bicyclic) bond motifs is 2. The molecule has 1 heterocycles. The smallest absolute Gasteiger partial charge is 0.264 e. The van der Waals surface area contributed by atoms with E-state index < -0.39 is 10.0 Å². The summed E-state index contributed by atoms with van der Waals surface area (Å²) >= 11 is 0.986. The van der Waals surface area contributed by atoms with Crippen LogP contribution in [-0.2, 0) is 10.0 Å². The maximum Gasteiger partial charge on any atom is 0.264 e. The molecule has 0 atom stereocenters. The highest BCUT2D eigenvalue weighted by Crippen LogP contribution is 2.32. The zero-order valence-electron chi connectivity index (χ0n) is 13.1. The Morgan fingerprint density at radius 1 is 1.04 bits per heavy atom. The van der Waals surface area contributed by atoms with Gasteiger partial charge in [0.25, 0.3) is 10.0 Å². The summed E-state index contributed by atoms with van der Waals surface area (Å²) < 4.78 is 42.0. The molecule has 4 aromatic rings. The van der Waals surface area contributed by atoms with E-state index in [1.165, 1.54) is 6.07 Å². The van der Waals surface area contributed by atoms with Gasteiger partial charge in [-0.15, -0.1) is 0 Å². The van der Waals surface area contributed by atoms with Gasteiger partial charge in [-0.3, -0.25) is 4.72 Å². The normalized spacial score (nSPS) is 11.7. The van der Waals surface area contributed by atoms with Crippen LogP contribution < -0.4 is 9.46 Å². The Hall–Kier alpha value is -2.71. The van der Waals surface area contributed by atoms with E-state index >= 15 is 0 Å². The molecular weight excluding hydrogens is 358 g/mol. The number of hydrogen-bond donors (Lipinski definition) is 1. The molecule has 0 aliphatic heterocycles. The first-order valence-electron chi connectivity index (χ1n) is 7.39. The van der Waals surface area contributed by atoms with Crippen molar-refractivity contribution in [3.8, 4) is 5.75 Å². The van der Waals surface area contributed by atoms with E-state index in [2.05, 4.69) is 13.5 Å². The van der Waals surface area contributed by atoms with E-state index in [1.54, 1.807) is 25.3 Å². The Kier molecular flexibility index (Phi) is 3.78. The molecule has 1 N–H and O–H groups in total. The molecule has 0 saturated carbocycles. The Labute approximate surface area is 148 Å². The number of nitrogens with one attached hydrogen (secondary N) is 1. The molecule has 0 radical (unpaired) electrons. The Morgan fingerprint density at radius 3 is 2.72 bits per heavy atom. The lowest BCUT2D eigenvalue weighted by atomic mass is 10.1. The number of benzene rings is 3. The van der Waals surface area contributed by atoms with Gasteiger partial charge in [0.1, 0.15) is 21.7 Å². The standard InChI is InChI=1S/C17H13N3O3S2/c1-23-12-9-11-5-2-3-6-13(11)15(10-12)20-25(21,22)16-8-4-7-14-17(16)19-24-18-14/h2-10,20H,1H3. The van der Waals surface area contributed by atoms with E-state index in [4.69, 9.17) is 4.74 Å². The van der Waals surface area contributed by atoms with Gasteiger partial charge in [0.05, 0.1) is 24.5 Å². The SMILES string of the molecule is COc1cc(NS(=O)(=O)c2cccc3nsnc23)c2ccccc2c1. The van der Waals surface area contributed by atoms with Crippen LogP contribution in [0, 0.1) is 0 Å². The van der Waals surface area contributed by atoms with E-state index in [0.717, 1.165) is 22.5 Å². The molecule has 0 bridgehead atoms. The zero-order chi connectivity index (χ0) is 17.4. The van der Waals surface area contributed by atoms with Crippen LogP contribution in [0.3, 0.4) is 0 Å². The van der Waals surface area contributed by atoms with E-state index in [9.17, 15) is 8.42 Å². The average molecular weight is 371 g/mol. The van der Waals surface area contributed by atoms with Gasteiger partial charge in [-0.2, -0.15) is 8.75 Å². The first-order valence-corrected chi connectivity index (χ1v) is 9.61. The lowest BCUT2D eigenvalue weighted by molar-refractivity contribution is 0.415. The molecule has 3 aromatic carbocycles. The molecule has 0 aliphatic rings. The number of sulfonamides is 1. The van der Waals surface area contributed by atoms with Crippen LogP contribution in [0.5, 0.6) is 5.75 Å². The molecule has 6 nitrogen and oxygen atoms in total. The van der Waals surface area contributed by atoms with Crippen LogP contribution in [0.2, 0.25) is 0 Å². The van der Waals surface area contributed by atoms with Crippen molar-refractivity contribution in [2.24, 2.45) is 0 Å². The number of anilines is 1. The third-order valence-corrected chi connectivity index (χ3v) is 5.79. The number of aromatic nitrogens is 2. The Morgan fingerprint density at radius 2 is 1.88 bits per heavy atom. The fourth-order valence-corrected chi connectivity index (χ4v) is 4.52. The zero-order valence-corrected chi connectivity index (χ0v) is 14.8. The molecule has 0 aliphatic carbocycles. The summed E-state index contributed by atoms with van der Waals surface area (Å²) in [4.78, 5) is 0.102. The van der Waals surface area contributed by atoms with Gasteiger partial charge >= 0.3 is 0 Å². The molecule has 0 saturated heterocycles. The van der Waals surface area contributed by atoms with E-state index in [-0.39, 0.29) is 4.90 Å². The average Bonchev–Trinajstić information content (AvgIpc) is 3.09. The van der Waals surface area contributed by atoms with Crippen LogP contribution in [0.4, 0.5) is 5.69 Å². The first kappa shape index (κ1) is 15.8. The summed E-state index contributed by atoms with van der Waals surface area (Å²) in [6.45, 7) is 0. The van der Waals surface area contributed by atoms with Crippen molar-refractivity contribution < 1.29 is 13.2 Å². The molecule has 4 rings (SSSR count). The Balaban J connectivity index is 1.87. The van der Waals surface area contributed by atoms with Gasteiger partial charge in [0.15, 0.2) is 0 Å². The molecular formula is C17H13N3O3S2. The summed E-state index contributed by atoms with van der Waals surface area (Å²) in [5.74, 6) is 0.574. The molecule has 25 heavy (non-hydrogen) atoms. The highest BCUT2D eigenvalue weighted by molar-refractivity contribution is 7.93. The van der Waals surface area contributed by atoms with Gasteiger partial charge in [-0.1, -0.05) is 30.3 Å². The van der Waals surface area contributed by atoms with Gasteiger partial charge in [-0.05, 0) is 23.6 Å². The van der Waals surface area contributed by atoms with Gasteiger partial charge in [0.2, 0.25) is 0 Å². The van der Waals surface area contributed by atoms with Crippen molar-refractivity contribution in [2.75, 3.05) is 11.8 Å². The van der Waals surface area contributed by atoms with E-state index in [1.807, 2.05) is 30.3 Å². The topological polar surface area (TPSA) is 81.2 Å². The fourth-order valence-electron chi connectivity index (χ4n) is 2.68. The first-order chi connectivity index (χ1) is 12.1. The fraction of sp³-hybridized carbons (Fsp3) is 0.0588. The monoisotopic (exact) mass is 371 g/mol. The third-order valence-electron chi connectivity index (χ3n) is 3.85. The Bertz CT molecular complexity index is 1190. The molecule has 0 spiro atoms. The summed E-state index contributed by atoms with van der Waals surface area (Å²) in [5.41, 5.74) is 1.38. The van der Waals surface area contributed by atoms with Crippen molar-refractivity contribution in [3.05, 3.63) is 54.6 Å². The summed E-state index contributed by atoms with van der Waals surface area (Å²) in [5, 5.41) is 1.67. The molecule has 126 valence electrons. The lowest BCUT2D eigenvalue weighted by Gasteiger charge is -2.13. The van der Waals surface area contributed by atoms with E-state index in [0.29, 0.717) is 22.5 Å². The van der Waals surface area contributed by atoms with Crippen LogP contribution in [0.1, 0.15) is 0 Å². The van der Waals surface area contributed by atoms with Crippen molar-refractivity contribution >= 4 is 49.2 Å². The van der Waals surface area contributed by atoms with Gasteiger partial charge < -0.3 is 4.74 Å². The molecule has 8 heteroatoms. The van der Waals surface area contributed by atoms with Crippen molar-refractivity contribution in [3.63, 3.8) is 0 Å². The number of methoxy groups -OCH3 is 1. The van der Waals surface area contributed by atoms with Gasteiger partial charge in [0, 0.05) is 11.5 Å². The van der Waals surface area contributed by atoms with Crippen LogP contribution in [-0.4, -0.2) is 24.3 Å². The third kappa shape index (κ3) is 2.79. The molecule has 0 amide bonds. The minimum absolute atomic E-state index is 0.102. The molecule has 1 aromatic heterocycles. The second-order valence-corrected chi connectivity index (χ2v) is 7.57. The largest absolute Gasteiger partial charge is 0.497 e. The minimum atomic E-state index is -3.83.